The van der Waals surface area contributed by atoms with Gasteiger partial charge in [-0.15, -0.1) is 0 Å². The molecule has 4 nitrogen and oxygen atoms in total. The van der Waals surface area contributed by atoms with Gasteiger partial charge >= 0.3 is 0 Å². The number of hydrogen-bond donors (Lipinski definition) is 1. The van der Waals surface area contributed by atoms with E-state index in [-0.39, 0.29) is 6.04 Å². The van der Waals surface area contributed by atoms with Crippen LogP contribution in [0.5, 0.6) is 5.75 Å². The minimum Gasteiger partial charge on any atom is -0.495 e. The fourth-order valence-electron chi connectivity index (χ4n) is 1.88. The van der Waals surface area contributed by atoms with Crippen molar-refractivity contribution in [3.8, 4) is 5.75 Å². The van der Waals surface area contributed by atoms with Crippen molar-refractivity contribution in [1.29, 1.82) is 0 Å². The molecule has 0 aliphatic carbocycles. The number of ether oxygens (including phenoxy) is 1. The average molecular weight is 243 g/mol. The summed E-state index contributed by atoms with van der Waals surface area (Å²) < 4.78 is 5.21. The van der Waals surface area contributed by atoms with E-state index in [4.69, 9.17) is 4.74 Å². The Labute approximate surface area is 107 Å². The van der Waals surface area contributed by atoms with Crippen molar-refractivity contribution in [1.82, 2.24) is 15.3 Å². The summed E-state index contributed by atoms with van der Waals surface area (Å²) in [5, 5.41) is 3.43. The number of pyridine rings is 2. The number of hydrogen-bond acceptors (Lipinski definition) is 4. The molecule has 94 valence electrons. The van der Waals surface area contributed by atoms with Crippen LogP contribution >= 0.6 is 0 Å². The van der Waals surface area contributed by atoms with Crippen LogP contribution in [0.15, 0.2) is 43.0 Å². The summed E-state index contributed by atoms with van der Waals surface area (Å²) >= 11 is 0. The van der Waals surface area contributed by atoms with E-state index in [2.05, 4.69) is 28.3 Å². The fraction of sp³-hybridized carbons (Fsp3) is 0.286. The summed E-state index contributed by atoms with van der Waals surface area (Å²) in [6.45, 7) is 2.95. The Hall–Kier alpha value is -1.94. The highest BCUT2D eigenvalue weighted by Crippen LogP contribution is 2.23. The molecule has 1 atom stereocenters. The third-order valence-corrected chi connectivity index (χ3v) is 2.73. The van der Waals surface area contributed by atoms with Gasteiger partial charge in [0.1, 0.15) is 5.75 Å². The molecule has 0 aromatic carbocycles. The highest BCUT2D eigenvalue weighted by molar-refractivity contribution is 5.32. The summed E-state index contributed by atoms with van der Waals surface area (Å²) in [5.41, 5.74) is 2.19. The van der Waals surface area contributed by atoms with Crippen molar-refractivity contribution in [2.75, 3.05) is 13.7 Å². The van der Waals surface area contributed by atoms with Gasteiger partial charge in [0.05, 0.1) is 19.3 Å². The minimum absolute atomic E-state index is 0.0892. The molecule has 4 heteroatoms. The molecule has 2 rings (SSSR count). The van der Waals surface area contributed by atoms with Crippen LogP contribution in [-0.2, 0) is 0 Å². The fourth-order valence-corrected chi connectivity index (χ4v) is 1.88. The minimum atomic E-state index is 0.0892. The van der Waals surface area contributed by atoms with Gasteiger partial charge < -0.3 is 10.1 Å². The number of nitrogens with zero attached hydrogens (tertiary/aromatic N) is 2. The first-order chi connectivity index (χ1) is 8.85. The van der Waals surface area contributed by atoms with E-state index in [0.717, 1.165) is 23.4 Å². The van der Waals surface area contributed by atoms with E-state index in [1.54, 1.807) is 19.5 Å². The number of rotatable bonds is 5. The average Bonchev–Trinajstić information content (AvgIpc) is 2.46. The van der Waals surface area contributed by atoms with E-state index >= 15 is 0 Å². The summed E-state index contributed by atoms with van der Waals surface area (Å²) in [4.78, 5) is 8.36. The first-order valence-electron chi connectivity index (χ1n) is 5.97. The highest BCUT2D eigenvalue weighted by Gasteiger charge is 2.13. The van der Waals surface area contributed by atoms with Gasteiger partial charge in [-0.25, -0.2) is 0 Å². The van der Waals surface area contributed by atoms with Crippen molar-refractivity contribution in [3.63, 3.8) is 0 Å². The van der Waals surface area contributed by atoms with E-state index in [1.807, 2.05) is 24.5 Å². The normalized spacial score (nSPS) is 12.1. The molecule has 0 saturated carbocycles. The van der Waals surface area contributed by atoms with E-state index in [0.29, 0.717) is 0 Å². The smallest absolute Gasteiger partial charge is 0.137 e. The number of aromatic nitrogens is 2. The first kappa shape index (κ1) is 12.5. The zero-order valence-electron chi connectivity index (χ0n) is 10.6. The van der Waals surface area contributed by atoms with E-state index < -0.39 is 0 Å². The van der Waals surface area contributed by atoms with Gasteiger partial charge in [-0.2, -0.15) is 0 Å². The molecular formula is C14H17N3O. The van der Waals surface area contributed by atoms with Gasteiger partial charge in [-0.3, -0.25) is 9.97 Å². The zero-order valence-corrected chi connectivity index (χ0v) is 10.6. The predicted molar refractivity (Wildman–Crippen MR) is 70.5 cm³/mol. The lowest BCUT2D eigenvalue weighted by Gasteiger charge is -2.18. The van der Waals surface area contributed by atoms with Crippen molar-refractivity contribution in [3.05, 3.63) is 54.1 Å². The lowest BCUT2D eigenvalue weighted by molar-refractivity contribution is 0.411. The van der Waals surface area contributed by atoms with Crippen LogP contribution in [0, 0.1) is 0 Å². The summed E-state index contributed by atoms with van der Waals surface area (Å²) in [5.74, 6) is 0.763. The molecule has 0 aliphatic rings. The molecule has 2 aromatic rings. The maximum atomic E-state index is 5.21. The first-order valence-corrected chi connectivity index (χ1v) is 5.97. The van der Waals surface area contributed by atoms with Gasteiger partial charge in [-0.05, 0) is 29.8 Å². The quantitative estimate of drug-likeness (QED) is 0.874. The molecule has 0 fully saturated rings. The van der Waals surface area contributed by atoms with Gasteiger partial charge in [0.2, 0.25) is 0 Å². The Morgan fingerprint density at radius 1 is 1.22 bits per heavy atom. The lowest BCUT2D eigenvalue weighted by Crippen LogP contribution is -2.22. The van der Waals surface area contributed by atoms with Gasteiger partial charge in [0.25, 0.3) is 0 Å². The van der Waals surface area contributed by atoms with Crippen LogP contribution in [0.4, 0.5) is 0 Å². The maximum absolute atomic E-state index is 5.21. The predicted octanol–water partition coefficient (Wildman–Crippen LogP) is 2.18. The molecule has 0 bridgehead atoms. The molecule has 18 heavy (non-hydrogen) atoms. The van der Waals surface area contributed by atoms with Crippen molar-refractivity contribution in [2.24, 2.45) is 0 Å². The van der Waals surface area contributed by atoms with E-state index in [1.165, 1.54) is 0 Å². The van der Waals surface area contributed by atoms with Gasteiger partial charge in [0.15, 0.2) is 0 Å². The lowest BCUT2D eigenvalue weighted by atomic mass is 10.0. The van der Waals surface area contributed by atoms with Gasteiger partial charge in [-0.1, -0.05) is 13.0 Å². The summed E-state index contributed by atoms with van der Waals surface area (Å²) in [6.07, 6.45) is 7.20. The zero-order chi connectivity index (χ0) is 12.8. The largest absolute Gasteiger partial charge is 0.495 e. The van der Waals surface area contributed by atoms with Crippen molar-refractivity contribution < 1.29 is 4.74 Å². The Morgan fingerprint density at radius 2 is 2.06 bits per heavy atom. The molecule has 1 unspecified atom stereocenters. The molecule has 0 saturated heterocycles. The summed E-state index contributed by atoms with van der Waals surface area (Å²) in [7, 11) is 1.65. The Morgan fingerprint density at radius 3 is 2.72 bits per heavy atom. The molecule has 0 radical (unpaired) electrons. The topological polar surface area (TPSA) is 47.0 Å². The molecule has 0 aliphatic heterocycles. The second-order valence-corrected chi connectivity index (χ2v) is 3.94. The Balaban J connectivity index is 2.35. The van der Waals surface area contributed by atoms with Crippen molar-refractivity contribution in [2.45, 2.75) is 13.0 Å². The van der Waals surface area contributed by atoms with Crippen LogP contribution in [0.3, 0.4) is 0 Å². The molecule has 0 spiro atoms. The Bertz CT molecular complexity index is 487. The van der Waals surface area contributed by atoms with Crippen molar-refractivity contribution >= 4 is 0 Å². The standard InChI is InChI=1S/C14H17N3O/c1-3-17-14(11-5-4-6-15-8-11)12-7-13(18-2)10-16-9-12/h4-10,14,17H,3H2,1-2H3. The maximum Gasteiger partial charge on any atom is 0.137 e. The summed E-state index contributed by atoms with van der Waals surface area (Å²) in [6, 6.07) is 6.08. The second-order valence-electron chi connectivity index (χ2n) is 3.94. The van der Waals surface area contributed by atoms with Gasteiger partial charge in [0, 0.05) is 18.6 Å². The third kappa shape index (κ3) is 2.84. The van der Waals surface area contributed by atoms with Crippen LogP contribution in [0.2, 0.25) is 0 Å². The van der Waals surface area contributed by atoms with Crippen LogP contribution in [-0.4, -0.2) is 23.6 Å². The number of nitrogens with one attached hydrogen (secondary N) is 1. The highest BCUT2D eigenvalue weighted by atomic mass is 16.5. The van der Waals surface area contributed by atoms with Crippen LogP contribution < -0.4 is 10.1 Å². The molecular weight excluding hydrogens is 226 g/mol. The third-order valence-electron chi connectivity index (χ3n) is 2.73. The number of methoxy groups -OCH3 is 1. The SMILES string of the molecule is CCNC(c1cccnc1)c1cncc(OC)c1. The molecule has 0 amide bonds. The van der Waals surface area contributed by atoms with E-state index in [9.17, 15) is 0 Å². The van der Waals surface area contributed by atoms with Crippen LogP contribution in [0.1, 0.15) is 24.1 Å². The molecule has 2 aromatic heterocycles. The molecule has 1 N–H and O–H groups in total. The Kier molecular flexibility index (Phi) is 4.25. The monoisotopic (exact) mass is 243 g/mol. The van der Waals surface area contributed by atoms with Crippen LogP contribution in [0.25, 0.3) is 0 Å². The second kappa shape index (κ2) is 6.12. The molecule has 2 heterocycles.